The van der Waals surface area contributed by atoms with E-state index in [1.807, 2.05) is 36.3 Å². The molecule has 2 aliphatic heterocycles. The second kappa shape index (κ2) is 8.47. The van der Waals surface area contributed by atoms with E-state index < -0.39 is 0 Å². The summed E-state index contributed by atoms with van der Waals surface area (Å²) in [6, 6.07) is 0.286. The van der Waals surface area contributed by atoms with Crippen LogP contribution in [0.4, 0.5) is 10.7 Å². The lowest BCUT2D eigenvalue weighted by Gasteiger charge is -2.35. The van der Waals surface area contributed by atoms with Crippen molar-refractivity contribution in [2.24, 2.45) is 0 Å². The second-order valence-corrected chi connectivity index (χ2v) is 7.18. The van der Waals surface area contributed by atoms with Crippen LogP contribution < -0.4 is 4.90 Å². The normalized spacial score (nSPS) is 21.4. The summed E-state index contributed by atoms with van der Waals surface area (Å²) in [6.07, 6.45) is 9.27. The summed E-state index contributed by atoms with van der Waals surface area (Å²) in [4.78, 5) is 27.0. The minimum Gasteiger partial charge on any atom is -0.448 e. The number of rotatable bonds is 5. The number of anilines is 1. The number of piperidine rings is 1. The first-order chi connectivity index (χ1) is 12.1. The fourth-order valence-corrected chi connectivity index (χ4v) is 3.51. The molecule has 0 saturated carbocycles. The van der Waals surface area contributed by atoms with Gasteiger partial charge in [0.1, 0.15) is 6.61 Å². The quantitative estimate of drug-likeness (QED) is 0.813. The average molecular weight is 347 g/mol. The molecular weight excluding hydrogens is 318 g/mol. The highest BCUT2D eigenvalue weighted by Gasteiger charge is 2.26. The SMILES string of the molecule is CN(C)c1ncc(CN2CCCCC2COC(=O)N2CCCC2)cn1. The average Bonchev–Trinajstić information content (AvgIpc) is 3.16. The number of ether oxygens (including phenoxy) is 1. The maximum atomic E-state index is 12.1. The topological polar surface area (TPSA) is 61.8 Å². The summed E-state index contributed by atoms with van der Waals surface area (Å²) in [6.45, 7) is 3.98. The Morgan fingerprint density at radius 3 is 2.52 bits per heavy atom. The largest absolute Gasteiger partial charge is 0.448 e. The lowest BCUT2D eigenvalue weighted by atomic mass is 10.0. The van der Waals surface area contributed by atoms with E-state index in [0.717, 1.165) is 57.0 Å². The molecule has 3 rings (SSSR count). The third-order valence-corrected chi connectivity index (χ3v) is 4.99. The van der Waals surface area contributed by atoms with Gasteiger partial charge in [0, 0.05) is 57.7 Å². The Morgan fingerprint density at radius 2 is 1.84 bits per heavy atom. The fourth-order valence-electron chi connectivity index (χ4n) is 3.51. The molecule has 1 aromatic rings. The van der Waals surface area contributed by atoms with Gasteiger partial charge in [-0.25, -0.2) is 14.8 Å². The van der Waals surface area contributed by atoms with Crippen LogP contribution >= 0.6 is 0 Å². The molecule has 0 radical (unpaired) electrons. The van der Waals surface area contributed by atoms with Gasteiger partial charge in [0.15, 0.2) is 0 Å². The van der Waals surface area contributed by atoms with E-state index in [9.17, 15) is 4.79 Å². The number of nitrogens with zero attached hydrogens (tertiary/aromatic N) is 5. The van der Waals surface area contributed by atoms with Crippen LogP contribution in [0.25, 0.3) is 0 Å². The molecule has 2 aliphatic rings. The zero-order chi connectivity index (χ0) is 17.6. The Hall–Kier alpha value is -1.89. The van der Waals surface area contributed by atoms with Gasteiger partial charge in [-0.2, -0.15) is 0 Å². The van der Waals surface area contributed by atoms with Gasteiger partial charge in [-0.3, -0.25) is 4.90 Å². The van der Waals surface area contributed by atoms with E-state index in [4.69, 9.17) is 4.74 Å². The van der Waals surface area contributed by atoms with Gasteiger partial charge in [-0.05, 0) is 32.2 Å². The van der Waals surface area contributed by atoms with Crippen LogP contribution in [0.3, 0.4) is 0 Å². The molecule has 7 heteroatoms. The van der Waals surface area contributed by atoms with E-state index in [-0.39, 0.29) is 12.1 Å². The zero-order valence-electron chi connectivity index (χ0n) is 15.4. The number of likely N-dealkylation sites (tertiary alicyclic amines) is 2. The first kappa shape index (κ1) is 17.9. The lowest BCUT2D eigenvalue weighted by molar-refractivity contribution is 0.0496. The molecule has 0 aromatic carbocycles. The van der Waals surface area contributed by atoms with Crippen LogP contribution in [0.1, 0.15) is 37.7 Å². The van der Waals surface area contributed by atoms with Crippen molar-refractivity contribution in [3.8, 4) is 0 Å². The fraction of sp³-hybridized carbons (Fsp3) is 0.722. The van der Waals surface area contributed by atoms with E-state index in [1.54, 1.807) is 0 Å². The first-order valence-electron chi connectivity index (χ1n) is 9.27. The Bertz CT molecular complexity index is 557. The van der Waals surface area contributed by atoms with Gasteiger partial charge < -0.3 is 14.5 Å². The standard InChI is InChI=1S/C18H29N5O2/c1-21(2)17-19-11-15(12-20-17)13-23-10-4-3-7-16(23)14-25-18(24)22-8-5-6-9-22/h11-12,16H,3-10,13-14H2,1-2H3. The van der Waals surface area contributed by atoms with E-state index in [1.165, 1.54) is 12.8 Å². The third kappa shape index (κ3) is 4.81. The zero-order valence-corrected chi connectivity index (χ0v) is 15.4. The van der Waals surface area contributed by atoms with Crippen molar-refractivity contribution in [2.75, 3.05) is 45.2 Å². The molecule has 0 aliphatic carbocycles. The van der Waals surface area contributed by atoms with Gasteiger partial charge in [0.25, 0.3) is 0 Å². The maximum absolute atomic E-state index is 12.1. The van der Waals surface area contributed by atoms with E-state index in [2.05, 4.69) is 14.9 Å². The van der Waals surface area contributed by atoms with E-state index in [0.29, 0.717) is 6.61 Å². The Kier molecular flexibility index (Phi) is 6.07. The molecule has 2 saturated heterocycles. The van der Waals surface area contributed by atoms with Crippen molar-refractivity contribution >= 4 is 12.0 Å². The number of hydrogen-bond donors (Lipinski definition) is 0. The minimum atomic E-state index is -0.151. The summed E-state index contributed by atoms with van der Waals surface area (Å²) < 4.78 is 5.59. The minimum absolute atomic E-state index is 0.151. The molecule has 138 valence electrons. The number of carbonyl (C=O) groups excluding carboxylic acids is 1. The monoisotopic (exact) mass is 347 g/mol. The van der Waals surface area contributed by atoms with Crippen LogP contribution in [0, 0.1) is 0 Å². The molecule has 1 atom stereocenters. The molecule has 0 bridgehead atoms. The first-order valence-corrected chi connectivity index (χ1v) is 9.27. The molecule has 3 heterocycles. The molecule has 7 nitrogen and oxygen atoms in total. The Labute approximate surface area is 150 Å². The maximum Gasteiger partial charge on any atom is 0.409 e. The van der Waals surface area contributed by atoms with Gasteiger partial charge in [-0.15, -0.1) is 0 Å². The summed E-state index contributed by atoms with van der Waals surface area (Å²) in [7, 11) is 3.87. The van der Waals surface area contributed by atoms with Crippen molar-refractivity contribution < 1.29 is 9.53 Å². The highest BCUT2D eigenvalue weighted by Crippen LogP contribution is 2.20. The highest BCUT2D eigenvalue weighted by atomic mass is 16.6. The van der Waals surface area contributed by atoms with Crippen molar-refractivity contribution in [3.05, 3.63) is 18.0 Å². The number of amides is 1. The Morgan fingerprint density at radius 1 is 1.16 bits per heavy atom. The van der Waals surface area contributed by atoms with Crippen LogP contribution in [0.15, 0.2) is 12.4 Å². The smallest absolute Gasteiger partial charge is 0.409 e. The predicted molar refractivity (Wildman–Crippen MR) is 96.6 cm³/mol. The second-order valence-electron chi connectivity index (χ2n) is 7.18. The molecule has 1 amide bonds. The summed E-state index contributed by atoms with van der Waals surface area (Å²) >= 11 is 0. The molecule has 1 unspecified atom stereocenters. The van der Waals surface area contributed by atoms with Crippen molar-refractivity contribution in [1.82, 2.24) is 19.8 Å². The lowest BCUT2D eigenvalue weighted by Crippen LogP contribution is -2.43. The summed E-state index contributed by atoms with van der Waals surface area (Å²) in [5.41, 5.74) is 1.10. The predicted octanol–water partition coefficient (Wildman–Crippen LogP) is 2.13. The molecule has 25 heavy (non-hydrogen) atoms. The van der Waals surface area contributed by atoms with Gasteiger partial charge in [0.05, 0.1) is 0 Å². The summed E-state index contributed by atoms with van der Waals surface area (Å²) in [5.74, 6) is 0.721. The molecular formula is C18H29N5O2. The third-order valence-electron chi connectivity index (χ3n) is 4.99. The van der Waals surface area contributed by atoms with Gasteiger partial charge >= 0.3 is 6.09 Å². The van der Waals surface area contributed by atoms with Crippen molar-refractivity contribution in [2.45, 2.75) is 44.7 Å². The van der Waals surface area contributed by atoms with Crippen LogP contribution in [-0.4, -0.2) is 72.2 Å². The van der Waals surface area contributed by atoms with Crippen LogP contribution in [-0.2, 0) is 11.3 Å². The molecule has 0 spiro atoms. The summed E-state index contributed by atoms with van der Waals surface area (Å²) in [5, 5.41) is 0. The van der Waals surface area contributed by atoms with E-state index >= 15 is 0 Å². The van der Waals surface area contributed by atoms with Crippen molar-refractivity contribution in [3.63, 3.8) is 0 Å². The van der Waals surface area contributed by atoms with Crippen molar-refractivity contribution in [1.29, 1.82) is 0 Å². The van der Waals surface area contributed by atoms with Gasteiger partial charge in [-0.1, -0.05) is 6.42 Å². The Balaban J connectivity index is 1.54. The number of hydrogen-bond acceptors (Lipinski definition) is 6. The number of aromatic nitrogens is 2. The van der Waals surface area contributed by atoms with Crippen LogP contribution in [0.5, 0.6) is 0 Å². The van der Waals surface area contributed by atoms with Crippen LogP contribution in [0.2, 0.25) is 0 Å². The molecule has 1 aromatic heterocycles. The van der Waals surface area contributed by atoms with Gasteiger partial charge in [0.2, 0.25) is 5.95 Å². The molecule has 2 fully saturated rings. The number of carbonyl (C=O) groups is 1. The highest BCUT2D eigenvalue weighted by molar-refractivity contribution is 5.67. The molecule has 0 N–H and O–H groups in total.